The monoisotopic (exact) mass is 303 g/mol. The fraction of sp³-hybridized carbons (Fsp3) is 0.467. The number of aromatic nitrogens is 2. The normalized spacial score (nSPS) is 16.0. The highest BCUT2D eigenvalue weighted by Gasteiger charge is 2.20. The van der Waals surface area contributed by atoms with E-state index in [9.17, 15) is 0 Å². The second kappa shape index (κ2) is 5.84. The molecule has 0 radical (unpaired) electrons. The lowest BCUT2D eigenvalue weighted by Crippen LogP contribution is -2.44. The van der Waals surface area contributed by atoms with Gasteiger partial charge in [0.05, 0.1) is 12.8 Å². The van der Waals surface area contributed by atoms with E-state index in [0.29, 0.717) is 23.3 Å². The van der Waals surface area contributed by atoms with Crippen LogP contribution in [-0.2, 0) is 0 Å². The van der Waals surface area contributed by atoms with Crippen LogP contribution in [0.3, 0.4) is 0 Å². The number of anilines is 2. The minimum absolute atomic E-state index is 0.490. The van der Waals surface area contributed by atoms with Gasteiger partial charge >= 0.3 is 0 Å². The Bertz CT molecular complexity index is 662. The van der Waals surface area contributed by atoms with Crippen LogP contribution in [0.5, 0.6) is 5.75 Å². The number of piperazine rings is 1. The predicted octanol–water partition coefficient (Wildman–Crippen LogP) is 1.39. The van der Waals surface area contributed by atoms with Gasteiger partial charge in [0, 0.05) is 31.7 Å². The van der Waals surface area contributed by atoms with Gasteiger partial charge in [-0.2, -0.15) is 4.98 Å². The van der Waals surface area contributed by atoms with Crippen molar-refractivity contribution in [2.24, 2.45) is 0 Å². The zero-order valence-electron chi connectivity index (χ0n) is 13.2. The van der Waals surface area contributed by atoms with Crippen molar-refractivity contribution in [3.63, 3.8) is 0 Å². The number of rotatable bonds is 3. The molecule has 2 N–H and O–H groups in total. The summed E-state index contributed by atoms with van der Waals surface area (Å²) in [4.78, 5) is 8.95. The average molecular weight is 303 g/mol. The van der Waals surface area contributed by atoms with Crippen molar-refractivity contribution in [1.82, 2.24) is 15.0 Å². The van der Waals surface area contributed by atoms with Gasteiger partial charge in [-0.25, -0.2) is 0 Å². The molecule has 1 aliphatic rings. The fourth-order valence-corrected chi connectivity index (χ4v) is 2.58. The molecule has 0 spiro atoms. The number of methoxy groups -OCH3 is 1. The summed E-state index contributed by atoms with van der Waals surface area (Å²) in [6, 6.07) is 3.69. The maximum atomic E-state index is 5.91. The van der Waals surface area contributed by atoms with Crippen LogP contribution in [0.4, 0.5) is 11.6 Å². The first-order valence-electron chi connectivity index (χ1n) is 7.30. The molecule has 0 amide bonds. The summed E-state index contributed by atoms with van der Waals surface area (Å²) in [5, 5.41) is 4.11. The SMILES string of the molecule is COc1cc(-c2nc(N3CCN(C)CC3)no2)c(C)cc1N. The first kappa shape index (κ1) is 14.6. The lowest BCUT2D eigenvalue weighted by molar-refractivity contribution is 0.309. The van der Waals surface area contributed by atoms with Crippen LogP contribution < -0.4 is 15.4 Å². The van der Waals surface area contributed by atoms with Crippen LogP contribution in [0.25, 0.3) is 11.5 Å². The molecule has 118 valence electrons. The third-order valence-electron chi connectivity index (χ3n) is 4.01. The Morgan fingerprint density at radius 1 is 1.23 bits per heavy atom. The van der Waals surface area contributed by atoms with Crippen LogP contribution >= 0.6 is 0 Å². The fourth-order valence-electron chi connectivity index (χ4n) is 2.58. The number of likely N-dealkylation sites (N-methyl/N-ethyl adjacent to an activating group) is 1. The molecule has 7 heteroatoms. The number of hydrogen-bond acceptors (Lipinski definition) is 7. The Balaban J connectivity index is 1.87. The van der Waals surface area contributed by atoms with Crippen LogP contribution in [-0.4, -0.2) is 55.4 Å². The lowest BCUT2D eigenvalue weighted by atomic mass is 10.1. The van der Waals surface area contributed by atoms with Crippen LogP contribution in [0.2, 0.25) is 0 Å². The molecule has 0 atom stereocenters. The Morgan fingerprint density at radius 2 is 1.95 bits per heavy atom. The summed E-state index contributed by atoms with van der Waals surface area (Å²) in [5.41, 5.74) is 8.33. The van der Waals surface area contributed by atoms with E-state index in [1.54, 1.807) is 7.11 Å². The third kappa shape index (κ3) is 2.71. The van der Waals surface area contributed by atoms with Crippen molar-refractivity contribution < 1.29 is 9.26 Å². The van der Waals surface area contributed by atoms with E-state index in [1.165, 1.54) is 0 Å². The van der Waals surface area contributed by atoms with Gasteiger partial charge in [0.15, 0.2) is 0 Å². The van der Waals surface area contributed by atoms with Crippen molar-refractivity contribution in [2.75, 3.05) is 51.0 Å². The number of hydrogen-bond donors (Lipinski definition) is 1. The van der Waals surface area contributed by atoms with Crippen LogP contribution in [0.1, 0.15) is 5.56 Å². The molecule has 0 unspecified atom stereocenters. The molecule has 2 aromatic rings. The molecule has 2 heterocycles. The highest BCUT2D eigenvalue weighted by atomic mass is 16.5. The summed E-state index contributed by atoms with van der Waals surface area (Å²) in [7, 11) is 3.71. The summed E-state index contributed by atoms with van der Waals surface area (Å²) >= 11 is 0. The summed E-state index contributed by atoms with van der Waals surface area (Å²) in [5.74, 6) is 1.74. The van der Waals surface area contributed by atoms with E-state index < -0.39 is 0 Å². The topological polar surface area (TPSA) is 80.7 Å². The van der Waals surface area contributed by atoms with Crippen molar-refractivity contribution >= 4 is 11.6 Å². The molecule has 22 heavy (non-hydrogen) atoms. The highest BCUT2D eigenvalue weighted by Crippen LogP contribution is 2.32. The molecule has 1 saturated heterocycles. The number of ether oxygens (including phenoxy) is 1. The molecule has 3 rings (SSSR count). The molecule has 1 aromatic carbocycles. The maximum absolute atomic E-state index is 5.91. The van der Waals surface area contributed by atoms with E-state index in [4.69, 9.17) is 15.0 Å². The maximum Gasteiger partial charge on any atom is 0.266 e. The second-order valence-corrected chi connectivity index (χ2v) is 5.60. The summed E-state index contributed by atoms with van der Waals surface area (Å²) in [6.45, 7) is 5.76. The summed E-state index contributed by atoms with van der Waals surface area (Å²) < 4.78 is 10.7. The van der Waals surface area contributed by atoms with Crippen molar-refractivity contribution in [3.8, 4) is 17.2 Å². The molecule has 0 aliphatic carbocycles. The molecule has 1 aliphatic heterocycles. The van der Waals surface area contributed by atoms with Gasteiger partial charge in [-0.15, -0.1) is 0 Å². The minimum atomic E-state index is 0.490. The summed E-state index contributed by atoms with van der Waals surface area (Å²) in [6.07, 6.45) is 0. The van der Waals surface area contributed by atoms with Crippen molar-refractivity contribution in [1.29, 1.82) is 0 Å². The zero-order valence-corrected chi connectivity index (χ0v) is 13.2. The van der Waals surface area contributed by atoms with E-state index in [-0.39, 0.29) is 0 Å². The van der Waals surface area contributed by atoms with Gasteiger partial charge in [0.1, 0.15) is 5.75 Å². The Morgan fingerprint density at radius 3 is 2.64 bits per heavy atom. The lowest BCUT2D eigenvalue weighted by Gasteiger charge is -2.31. The zero-order chi connectivity index (χ0) is 15.7. The molecule has 0 saturated carbocycles. The molecular formula is C15H21N5O2. The molecule has 7 nitrogen and oxygen atoms in total. The van der Waals surface area contributed by atoms with Crippen molar-refractivity contribution in [2.45, 2.75) is 6.92 Å². The molecule has 1 aromatic heterocycles. The highest BCUT2D eigenvalue weighted by molar-refractivity contribution is 5.69. The number of nitrogen functional groups attached to an aromatic ring is 1. The predicted molar refractivity (Wildman–Crippen MR) is 85.1 cm³/mol. The van der Waals surface area contributed by atoms with E-state index in [2.05, 4.69) is 27.0 Å². The van der Waals surface area contributed by atoms with Gasteiger partial charge in [0.2, 0.25) is 0 Å². The number of nitrogens with zero attached hydrogens (tertiary/aromatic N) is 4. The minimum Gasteiger partial charge on any atom is -0.495 e. The van der Waals surface area contributed by atoms with Gasteiger partial charge in [-0.1, -0.05) is 0 Å². The van der Waals surface area contributed by atoms with E-state index in [1.807, 2.05) is 19.1 Å². The quantitative estimate of drug-likeness (QED) is 0.858. The first-order valence-corrected chi connectivity index (χ1v) is 7.30. The number of nitrogens with two attached hydrogens (primary N) is 1. The number of benzene rings is 1. The first-order chi connectivity index (χ1) is 10.6. The van der Waals surface area contributed by atoms with Crippen molar-refractivity contribution in [3.05, 3.63) is 17.7 Å². The van der Waals surface area contributed by atoms with Gasteiger partial charge in [0.25, 0.3) is 11.8 Å². The average Bonchev–Trinajstić information content (AvgIpc) is 2.98. The standard InChI is InChI=1S/C15H21N5O2/c1-10-8-12(16)13(21-3)9-11(10)14-17-15(18-22-14)20-6-4-19(2)5-7-20/h8-9H,4-7,16H2,1-3H3. The molecule has 1 fully saturated rings. The van der Waals surface area contributed by atoms with Crippen LogP contribution in [0.15, 0.2) is 16.7 Å². The number of aryl methyl sites for hydroxylation is 1. The van der Waals surface area contributed by atoms with E-state index in [0.717, 1.165) is 37.3 Å². The van der Waals surface area contributed by atoms with Gasteiger partial charge < -0.3 is 24.8 Å². The Hall–Kier alpha value is -2.28. The van der Waals surface area contributed by atoms with E-state index >= 15 is 0 Å². The Labute approximate surface area is 129 Å². The van der Waals surface area contributed by atoms with Crippen LogP contribution in [0, 0.1) is 6.92 Å². The third-order valence-corrected chi connectivity index (χ3v) is 4.01. The molecule has 0 bridgehead atoms. The largest absolute Gasteiger partial charge is 0.495 e. The van der Waals surface area contributed by atoms with Gasteiger partial charge in [-0.05, 0) is 36.8 Å². The van der Waals surface area contributed by atoms with Gasteiger partial charge in [-0.3, -0.25) is 0 Å². The second-order valence-electron chi connectivity index (χ2n) is 5.60. The smallest absolute Gasteiger partial charge is 0.266 e. The molecular weight excluding hydrogens is 282 g/mol. The Kier molecular flexibility index (Phi) is 3.89.